The van der Waals surface area contributed by atoms with Crippen LogP contribution in [0.5, 0.6) is 5.75 Å². The molecule has 1 fully saturated rings. The SMILES string of the molecule is CC.COC.O=C(NC1CNC1)c1ccc(OCc2ccccc2)cc1.[HH].[HH]. The number of hydrogen-bond donors (Lipinski definition) is 2. The van der Waals surface area contributed by atoms with E-state index in [0.717, 1.165) is 24.4 Å². The van der Waals surface area contributed by atoms with Gasteiger partial charge in [0, 0.05) is 35.7 Å². The van der Waals surface area contributed by atoms with Gasteiger partial charge in [-0.2, -0.15) is 0 Å². The third-order valence-corrected chi connectivity index (χ3v) is 3.48. The van der Waals surface area contributed by atoms with Crippen LogP contribution in [0.15, 0.2) is 54.6 Å². The molecular weight excluding hydrogens is 328 g/mol. The van der Waals surface area contributed by atoms with E-state index in [0.29, 0.717) is 12.2 Å². The first kappa shape index (κ1) is 21.7. The van der Waals surface area contributed by atoms with Crippen LogP contribution in [0.25, 0.3) is 0 Å². The van der Waals surface area contributed by atoms with Gasteiger partial charge >= 0.3 is 0 Å². The van der Waals surface area contributed by atoms with Crippen molar-refractivity contribution in [3.8, 4) is 5.75 Å². The second-order valence-electron chi connectivity index (χ2n) is 5.54. The fraction of sp³-hybridized carbons (Fsp3) is 0.381. The monoisotopic (exact) mass is 362 g/mol. The first-order valence-electron chi connectivity index (χ1n) is 8.91. The quantitative estimate of drug-likeness (QED) is 0.850. The molecule has 1 amide bonds. The fourth-order valence-electron chi connectivity index (χ4n) is 2.10. The van der Waals surface area contributed by atoms with Crippen molar-refractivity contribution in [2.24, 2.45) is 0 Å². The van der Waals surface area contributed by atoms with Crippen molar-refractivity contribution < 1.29 is 17.1 Å². The summed E-state index contributed by atoms with van der Waals surface area (Å²) < 4.78 is 9.95. The van der Waals surface area contributed by atoms with Gasteiger partial charge in [0.05, 0.1) is 6.04 Å². The van der Waals surface area contributed by atoms with Gasteiger partial charge in [0.15, 0.2) is 0 Å². The second-order valence-corrected chi connectivity index (χ2v) is 5.54. The molecule has 146 valence electrons. The van der Waals surface area contributed by atoms with Gasteiger partial charge in [-0.25, -0.2) is 0 Å². The minimum Gasteiger partial charge on any atom is -0.489 e. The number of carbonyl (C=O) groups excluding carboxylic acids is 1. The predicted molar refractivity (Wildman–Crippen MR) is 110 cm³/mol. The average Bonchev–Trinajstić information content (AvgIpc) is 2.66. The molecule has 1 heterocycles. The Morgan fingerprint density at radius 3 is 2.15 bits per heavy atom. The number of nitrogens with one attached hydrogen (secondary N) is 2. The van der Waals surface area contributed by atoms with E-state index < -0.39 is 0 Å². The summed E-state index contributed by atoms with van der Waals surface area (Å²) >= 11 is 0. The molecule has 1 aliphatic heterocycles. The van der Waals surface area contributed by atoms with Crippen LogP contribution in [0.2, 0.25) is 0 Å². The molecule has 1 aliphatic rings. The van der Waals surface area contributed by atoms with Gasteiger partial charge in [-0.1, -0.05) is 44.2 Å². The Bertz CT molecular complexity index is 621. The highest BCUT2D eigenvalue weighted by atomic mass is 16.5. The molecule has 2 aromatic rings. The van der Waals surface area contributed by atoms with Gasteiger partial charge in [0.1, 0.15) is 12.4 Å². The molecule has 0 saturated carbocycles. The van der Waals surface area contributed by atoms with Crippen LogP contribution in [0, 0.1) is 0 Å². The highest BCUT2D eigenvalue weighted by Gasteiger charge is 2.19. The van der Waals surface area contributed by atoms with Crippen LogP contribution < -0.4 is 15.4 Å². The summed E-state index contributed by atoms with van der Waals surface area (Å²) in [5.74, 6) is 0.733. The Hall–Kier alpha value is -2.37. The molecule has 0 aliphatic carbocycles. The van der Waals surface area contributed by atoms with Crippen molar-refractivity contribution in [2.75, 3.05) is 27.3 Å². The normalized spacial score (nSPS) is 12.5. The molecule has 0 radical (unpaired) electrons. The van der Waals surface area contributed by atoms with Crippen molar-refractivity contribution in [1.82, 2.24) is 10.6 Å². The topological polar surface area (TPSA) is 59.6 Å². The lowest BCUT2D eigenvalue weighted by Crippen LogP contribution is -2.56. The van der Waals surface area contributed by atoms with E-state index in [2.05, 4.69) is 15.4 Å². The van der Waals surface area contributed by atoms with Crippen LogP contribution >= 0.6 is 0 Å². The number of methoxy groups -OCH3 is 1. The van der Waals surface area contributed by atoms with Crippen LogP contribution in [-0.4, -0.2) is 39.3 Å². The molecule has 0 spiro atoms. The van der Waals surface area contributed by atoms with Gasteiger partial charge in [-0.3, -0.25) is 4.79 Å². The average molecular weight is 363 g/mol. The number of rotatable bonds is 5. The van der Waals surface area contributed by atoms with E-state index in [-0.39, 0.29) is 14.8 Å². The maximum atomic E-state index is 12.0. The zero-order valence-electron chi connectivity index (χ0n) is 16.1. The van der Waals surface area contributed by atoms with Crippen molar-refractivity contribution in [3.05, 3.63) is 65.7 Å². The van der Waals surface area contributed by atoms with Crippen molar-refractivity contribution in [3.63, 3.8) is 0 Å². The van der Waals surface area contributed by atoms with Crippen molar-refractivity contribution >= 4 is 5.91 Å². The fourth-order valence-corrected chi connectivity index (χ4v) is 2.10. The number of hydrogen-bond acceptors (Lipinski definition) is 4. The predicted octanol–water partition coefficient (Wildman–Crippen LogP) is 3.75. The summed E-state index contributed by atoms with van der Waals surface area (Å²) in [6.07, 6.45) is 0. The molecule has 5 nitrogen and oxygen atoms in total. The molecule has 3 rings (SSSR count). The maximum Gasteiger partial charge on any atom is 0.251 e. The number of benzene rings is 2. The zero-order chi connectivity index (χ0) is 19.2. The lowest BCUT2D eigenvalue weighted by molar-refractivity contribution is 0.0924. The zero-order valence-corrected chi connectivity index (χ0v) is 16.1. The van der Waals surface area contributed by atoms with Gasteiger partial charge in [0.25, 0.3) is 5.91 Å². The Labute approximate surface area is 159 Å². The molecule has 2 N–H and O–H groups in total. The Kier molecular flexibility index (Phi) is 10.8. The highest BCUT2D eigenvalue weighted by Crippen LogP contribution is 2.14. The summed E-state index contributed by atoms with van der Waals surface area (Å²) in [6.45, 7) is 6.23. The highest BCUT2D eigenvalue weighted by molar-refractivity contribution is 5.94. The molecule has 0 unspecified atom stereocenters. The van der Waals surface area contributed by atoms with Gasteiger partial charge in [-0.15, -0.1) is 0 Å². The van der Waals surface area contributed by atoms with Crippen LogP contribution in [0.3, 0.4) is 0 Å². The van der Waals surface area contributed by atoms with E-state index in [4.69, 9.17) is 4.74 Å². The molecule has 5 heteroatoms. The Morgan fingerprint density at radius 2 is 1.65 bits per heavy atom. The molecule has 0 aromatic heterocycles. The molecule has 0 atom stereocenters. The molecule has 26 heavy (non-hydrogen) atoms. The largest absolute Gasteiger partial charge is 0.489 e. The van der Waals surface area contributed by atoms with E-state index >= 15 is 0 Å². The Balaban J connectivity index is 0. The number of carbonyl (C=O) groups is 1. The van der Waals surface area contributed by atoms with Crippen LogP contribution in [0.1, 0.15) is 32.6 Å². The third kappa shape index (κ3) is 7.68. The molecule has 2 aromatic carbocycles. The minimum absolute atomic E-state index is 0. The Morgan fingerprint density at radius 1 is 1.08 bits per heavy atom. The molecular formula is C21H34N2O3. The molecule has 0 bridgehead atoms. The minimum atomic E-state index is -0.0314. The smallest absolute Gasteiger partial charge is 0.251 e. The summed E-state index contributed by atoms with van der Waals surface area (Å²) in [4.78, 5) is 12.0. The summed E-state index contributed by atoms with van der Waals surface area (Å²) in [6, 6.07) is 17.5. The van der Waals surface area contributed by atoms with E-state index in [1.54, 1.807) is 26.4 Å². The first-order valence-corrected chi connectivity index (χ1v) is 8.91. The van der Waals surface area contributed by atoms with Gasteiger partial charge < -0.3 is 20.1 Å². The van der Waals surface area contributed by atoms with E-state index in [1.807, 2.05) is 56.3 Å². The van der Waals surface area contributed by atoms with Gasteiger partial charge in [0.2, 0.25) is 0 Å². The van der Waals surface area contributed by atoms with E-state index in [1.165, 1.54) is 0 Å². The first-order chi connectivity index (χ1) is 12.7. The van der Waals surface area contributed by atoms with E-state index in [9.17, 15) is 4.79 Å². The molecule has 1 saturated heterocycles. The lowest BCUT2D eigenvalue weighted by atomic mass is 10.1. The number of ether oxygens (including phenoxy) is 2. The number of amides is 1. The third-order valence-electron chi connectivity index (χ3n) is 3.48. The summed E-state index contributed by atoms with van der Waals surface area (Å²) in [7, 11) is 3.25. The summed E-state index contributed by atoms with van der Waals surface area (Å²) in [5, 5.41) is 6.09. The second kappa shape index (κ2) is 12.9. The van der Waals surface area contributed by atoms with Crippen LogP contribution in [0.4, 0.5) is 0 Å². The summed E-state index contributed by atoms with van der Waals surface area (Å²) in [5.41, 5.74) is 1.78. The van der Waals surface area contributed by atoms with Gasteiger partial charge in [-0.05, 0) is 29.8 Å². The van der Waals surface area contributed by atoms with Crippen molar-refractivity contribution in [2.45, 2.75) is 26.5 Å². The van der Waals surface area contributed by atoms with Crippen LogP contribution in [-0.2, 0) is 11.3 Å². The standard InChI is InChI=1S/C17H18N2O2.C2H6O.C2H6.2H2/c20-17(19-15-10-18-11-15)14-6-8-16(9-7-14)21-12-13-4-2-1-3-5-13;1-3-2;1-2;;/h1-9,15,18H,10-12H2,(H,19,20);1-2H3;1-2H3;2*1H. The van der Waals surface area contributed by atoms with Crippen molar-refractivity contribution in [1.29, 1.82) is 0 Å². The lowest BCUT2D eigenvalue weighted by Gasteiger charge is -2.27. The maximum absolute atomic E-state index is 12.0.